The van der Waals surface area contributed by atoms with E-state index in [0.717, 1.165) is 44.9 Å². The third-order valence-corrected chi connectivity index (χ3v) is 21.5. The Labute approximate surface area is 611 Å². The Morgan fingerprint density at radius 1 is 0.240 bits per heavy atom. The minimum Gasteiger partial charge on any atom is -0.263 e. The number of aromatic nitrogens is 7. The molecule has 0 unspecified atom stereocenters. The molecule has 0 spiro atoms. The molecule has 0 bridgehead atoms. The number of nitrogens with zero attached hydrogens (tertiary/aromatic N) is 7. The van der Waals surface area contributed by atoms with Crippen LogP contribution < -0.4 is 0 Å². The first-order chi connectivity index (χ1) is 51.1. The molecule has 21 aromatic rings. The summed E-state index contributed by atoms with van der Waals surface area (Å²) in [6.07, 6.45) is 5.63. The van der Waals surface area contributed by atoms with E-state index >= 15 is 0 Å². The second-order valence-electron chi connectivity index (χ2n) is 26.2. The van der Waals surface area contributed by atoms with Gasteiger partial charge in [-0.05, 0) is 137 Å². The Balaban J connectivity index is 0.0000000965. The third-order valence-electron chi connectivity index (χ3n) is 19.0. The van der Waals surface area contributed by atoms with Crippen LogP contribution in [0.25, 0.3) is 160 Å². The van der Waals surface area contributed by atoms with Gasteiger partial charge in [0.1, 0.15) is 5.82 Å². The van der Waals surface area contributed by atoms with Crippen LogP contribution in [0.15, 0.2) is 322 Å². The quantitative estimate of drug-likeness (QED) is 0.159. The Bertz CT molecular complexity index is 6220. The summed E-state index contributed by atoms with van der Waals surface area (Å²) in [6, 6.07) is 106. The van der Waals surface area contributed by atoms with Crippen molar-refractivity contribution in [2.45, 2.75) is 41.5 Å². The van der Waals surface area contributed by atoms with Crippen molar-refractivity contribution >= 4 is 160 Å². The predicted octanol–water partition coefficient (Wildman–Crippen LogP) is 26.2. The van der Waals surface area contributed by atoms with E-state index in [0.29, 0.717) is 11.6 Å². The summed E-state index contributed by atoms with van der Waals surface area (Å²) >= 11 is 3.70. The van der Waals surface area contributed by atoms with E-state index in [-0.39, 0.29) is 0 Å². The molecule has 104 heavy (non-hydrogen) atoms. The van der Waals surface area contributed by atoms with Crippen molar-refractivity contribution in [3.8, 4) is 22.8 Å². The minimum atomic E-state index is 0.715. The molecular formula is C95H71N7S2. The van der Waals surface area contributed by atoms with Gasteiger partial charge < -0.3 is 0 Å². The molecule has 0 saturated carbocycles. The maximum Gasteiger partial charge on any atom is 0.163 e. The van der Waals surface area contributed by atoms with Gasteiger partial charge in [0, 0.05) is 92.6 Å². The van der Waals surface area contributed by atoms with Gasteiger partial charge in [-0.25, -0.2) is 19.9 Å². The maximum atomic E-state index is 4.75. The lowest BCUT2D eigenvalue weighted by atomic mass is 9.93. The van der Waals surface area contributed by atoms with Crippen LogP contribution >= 0.6 is 22.7 Å². The molecule has 0 aliphatic heterocycles. The number of hydrogen-bond donors (Lipinski definition) is 0. The van der Waals surface area contributed by atoms with E-state index in [4.69, 9.17) is 9.97 Å². The number of thiophene rings is 2. The highest BCUT2D eigenvalue weighted by molar-refractivity contribution is 7.26. The molecule has 15 aromatic carbocycles. The first-order valence-corrected chi connectivity index (χ1v) is 36.6. The molecule has 7 nitrogen and oxygen atoms in total. The zero-order chi connectivity index (χ0) is 70.6. The topological polar surface area (TPSA) is 90.2 Å². The zero-order valence-corrected chi connectivity index (χ0v) is 60.2. The molecule has 498 valence electrons. The van der Waals surface area contributed by atoms with Gasteiger partial charge in [0.2, 0.25) is 0 Å². The highest BCUT2D eigenvalue weighted by Crippen LogP contribution is 2.39. The summed E-state index contributed by atoms with van der Waals surface area (Å²) < 4.78 is 5.43. The summed E-state index contributed by atoms with van der Waals surface area (Å²) in [4.78, 5) is 31.5. The molecule has 0 N–H and O–H groups in total. The summed E-state index contributed by atoms with van der Waals surface area (Å²) in [5, 5.41) is 24.7. The molecule has 0 atom stereocenters. The second kappa shape index (κ2) is 29.2. The summed E-state index contributed by atoms with van der Waals surface area (Å²) in [5.74, 6) is 2.16. The zero-order valence-electron chi connectivity index (χ0n) is 58.5. The number of hydrogen-bond acceptors (Lipinski definition) is 9. The first kappa shape index (κ1) is 66.0. The summed E-state index contributed by atoms with van der Waals surface area (Å²) in [6.45, 7) is 12.4. The van der Waals surface area contributed by atoms with E-state index in [9.17, 15) is 0 Å². The SMILES string of the molecule is Cc1ccc2c3ccccc3c3ccccc3c2c1.Cc1ccc2c3ccccc3c3ccccc3c2n1.Cc1ccc2sc3cnccc3c2c1.Cc1cccc2c1sc1ccccc12.Cc1cnc2c3ccccc3c3ccccc3c2n1.Cc1nc(-c2ccccc2)nc(-c2ccccc2)n1. The van der Waals surface area contributed by atoms with Crippen LogP contribution in [-0.2, 0) is 0 Å². The molecule has 0 radical (unpaired) electrons. The Morgan fingerprint density at radius 2 is 0.644 bits per heavy atom. The maximum absolute atomic E-state index is 4.75. The number of fused-ring (bicyclic) bond motifs is 24. The fourth-order valence-electron chi connectivity index (χ4n) is 14.1. The standard InChI is InChI=1S/C19H14.C18H13N.C17H12N2.C16H13N3.C13H10S.C12H9NS/c1-13-10-11-18-16-8-3-2-6-14(16)15-7-4-5-9-17(15)19(18)12-13;1-12-10-11-17-15-8-3-2-6-13(15)14-7-4-5-9-16(14)18(17)19-12;1-11-10-18-16-14-8-4-2-6-12(14)13-7-3-5-9-15(13)17(16)19-11;1-12-17-15(13-8-4-2-5-9-13)19-16(18-12)14-10-6-3-7-11-14;1-9-5-4-7-11-10-6-2-3-8-12(10)14-13(9)11;1-8-2-3-11-10(6-8)9-4-5-13-7-12(9)14-11/h2-12H,1H3;2-11H,1H3;2-10H,1H3;2-11H,1H3;2-8H,1H3;2-7H,1H3. The molecule has 6 aromatic heterocycles. The van der Waals surface area contributed by atoms with Gasteiger partial charge in [0.15, 0.2) is 11.6 Å². The Hall–Kier alpha value is -12.5. The van der Waals surface area contributed by atoms with Gasteiger partial charge in [0.25, 0.3) is 0 Å². The monoisotopic (exact) mass is 1370 g/mol. The van der Waals surface area contributed by atoms with Crippen LogP contribution in [0.2, 0.25) is 0 Å². The van der Waals surface area contributed by atoms with E-state index in [1.165, 1.54) is 138 Å². The van der Waals surface area contributed by atoms with E-state index in [1.54, 1.807) is 0 Å². The number of pyridine rings is 2. The van der Waals surface area contributed by atoms with Crippen LogP contribution in [0.1, 0.15) is 33.9 Å². The molecule has 0 amide bonds. The van der Waals surface area contributed by atoms with Crippen LogP contribution in [0.5, 0.6) is 0 Å². The first-order valence-electron chi connectivity index (χ1n) is 35.0. The van der Waals surface area contributed by atoms with Gasteiger partial charge in [-0.1, -0.05) is 284 Å². The second-order valence-corrected chi connectivity index (χ2v) is 28.3. The fraction of sp³-hybridized carbons (Fsp3) is 0.0632. The third kappa shape index (κ3) is 13.3. The van der Waals surface area contributed by atoms with Crippen LogP contribution in [0.4, 0.5) is 0 Å². The average molecular weight is 1370 g/mol. The lowest BCUT2D eigenvalue weighted by molar-refractivity contribution is 0.992. The van der Waals surface area contributed by atoms with Gasteiger partial charge in [0.05, 0.1) is 26.9 Å². The van der Waals surface area contributed by atoms with Gasteiger partial charge in [-0.2, -0.15) is 0 Å². The molecular weight excluding hydrogens is 1300 g/mol. The fourth-order valence-corrected chi connectivity index (χ4v) is 16.4. The van der Waals surface area contributed by atoms with Crippen LogP contribution in [0.3, 0.4) is 0 Å². The van der Waals surface area contributed by atoms with Crippen molar-refractivity contribution < 1.29 is 0 Å². The van der Waals surface area contributed by atoms with Crippen molar-refractivity contribution in [2.24, 2.45) is 0 Å². The number of benzene rings is 15. The van der Waals surface area contributed by atoms with E-state index in [2.05, 4.69) is 288 Å². The smallest absolute Gasteiger partial charge is 0.163 e. The van der Waals surface area contributed by atoms with Gasteiger partial charge >= 0.3 is 0 Å². The summed E-state index contributed by atoms with van der Waals surface area (Å²) in [5.41, 5.74) is 11.1. The average Bonchev–Trinajstić information content (AvgIpc) is 1.15. The normalized spacial score (nSPS) is 11.2. The van der Waals surface area contributed by atoms with Gasteiger partial charge in [-0.15, -0.1) is 22.7 Å². The van der Waals surface area contributed by atoms with Crippen molar-refractivity contribution in [3.63, 3.8) is 0 Å². The van der Waals surface area contributed by atoms with Crippen LogP contribution in [-0.4, -0.2) is 34.9 Å². The molecule has 9 heteroatoms. The summed E-state index contributed by atoms with van der Waals surface area (Å²) in [7, 11) is 0. The van der Waals surface area contributed by atoms with Crippen molar-refractivity contribution in [2.75, 3.05) is 0 Å². The van der Waals surface area contributed by atoms with Crippen molar-refractivity contribution in [1.29, 1.82) is 0 Å². The lowest BCUT2D eigenvalue weighted by Crippen LogP contribution is -1.99. The molecule has 21 rings (SSSR count). The highest BCUT2D eigenvalue weighted by atomic mass is 32.1. The largest absolute Gasteiger partial charge is 0.263 e. The number of rotatable bonds is 2. The van der Waals surface area contributed by atoms with E-state index < -0.39 is 0 Å². The molecule has 0 saturated heterocycles. The molecule has 0 aliphatic carbocycles. The van der Waals surface area contributed by atoms with Gasteiger partial charge in [-0.3, -0.25) is 15.0 Å². The lowest BCUT2D eigenvalue weighted by Gasteiger charge is -2.10. The van der Waals surface area contributed by atoms with Crippen LogP contribution in [0, 0.1) is 41.5 Å². The predicted molar refractivity (Wildman–Crippen MR) is 446 cm³/mol. The van der Waals surface area contributed by atoms with Crippen molar-refractivity contribution in [1.82, 2.24) is 34.9 Å². The molecule has 6 heterocycles. The van der Waals surface area contributed by atoms with Crippen molar-refractivity contribution in [3.05, 3.63) is 356 Å². The molecule has 0 aliphatic rings. The minimum absolute atomic E-state index is 0.715. The molecule has 0 fully saturated rings. The van der Waals surface area contributed by atoms with E-state index in [1.807, 2.05) is 123 Å². The Kier molecular flexibility index (Phi) is 18.5. The number of aryl methyl sites for hydroxylation is 6. The highest BCUT2D eigenvalue weighted by Gasteiger charge is 2.14. The Morgan fingerprint density at radius 3 is 1.21 bits per heavy atom.